The van der Waals surface area contributed by atoms with Crippen molar-refractivity contribution in [2.24, 2.45) is 14.1 Å². The Morgan fingerprint density at radius 2 is 2.00 bits per heavy atom. The molecule has 0 saturated carbocycles. The normalized spacial score (nSPS) is 10.0. The van der Waals surface area contributed by atoms with E-state index in [2.05, 4.69) is 4.98 Å². The maximum absolute atomic E-state index is 7.13. The van der Waals surface area contributed by atoms with Crippen molar-refractivity contribution >= 4 is 5.95 Å². The molecule has 0 unspecified atom stereocenters. The van der Waals surface area contributed by atoms with Gasteiger partial charge in [-0.05, 0) is 0 Å². The first kappa shape index (κ1) is 5.87. The van der Waals surface area contributed by atoms with Crippen LogP contribution in [-0.4, -0.2) is 14.3 Å². The van der Waals surface area contributed by atoms with E-state index in [0.717, 1.165) is 0 Å². The molecule has 50 valence electrons. The molecule has 5 heteroatoms. The Labute approximate surface area is 52.2 Å². The van der Waals surface area contributed by atoms with Crippen molar-refractivity contribution in [3.63, 3.8) is 0 Å². The van der Waals surface area contributed by atoms with Crippen LogP contribution in [0.1, 0.15) is 0 Å². The summed E-state index contributed by atoms with van der Waals surface area (Å²) in [4.78, 5) is 3.68. The minimum absolute atomic E-state index is 0.176. The average Bonchev–Trinajstić information content (AvgIpc) is 1.98. The second kappa shape index (κ2) is 1.61. The van der Waals surface area contributed by atoms with Gasteiger partial charge in [-0.15, -0.1) is 0 Å². The van der Waals surface area contributed by atoms with Gasteiger partial charge in [0.2, 0.25) is 11.6 Å². The van der Waals surface area contributed by atoms with Gasteiger partial charge in [0, 0.05) is 14.1 Å². The van der Waals surface area contributed by atoms with Crippen LogP contribution in [-0.2, 0) is 14.1 Å². The van der Waals surface area contributed by atoms with Gasteiger partial charge in [0.15, 0.2) is 0 Å². The SMILES string of the molecule is Cn1c(N)nc(=N)n1C. The Balaban J connectivity index is 3.47. The second-order valence-corrected chi connectivity index (χ2v) is 1.84. The van der Waals surface area contributed by atoms with Crippen molar-refractivity contribution in [2.45, 2.75) is 0 Å². The number of anilines is 1. The van der Waals surface area contributed by atoms with Crippen molar-refractivity contribution in [3.8, 4) is 0 Å². The van der Waals surface area contributed by atoms with E-state index in [1.165, 1.54) is 0 Å². The average molecular weight is 127 g/mol. The Hall–Kier alpha value is -1.26. The summed E-state index contributed by atoms with van der Waals surface area (Å²) < 4.78 is 3.15. The molecule has 0 bridgehead atoms. The van der Waals surface area contributed by atoms with Crippen LogP contribution in [0.15, 0.2) is 0 Å². The zero-order chi connectivity index (χ0) is 7.02. The van der Waals surface area contributed by atoms with E-state index in [9.17, 15) is 0 Å². The molecule has 1 aromatic heterocycles. The molecule has 1 aromatic rings. The lowest BCUT2D eigenvalue weighted by Gasteiger charge is -1.97. The first-order valence-corrected chi connectivity index (χ1v) is 2.53. The fourth-order valence-electron chi connectivity index (χ4n) is 0.549. The van der Waals surface area contributed by atoms with Crippen LogP contribution in [0.4, 0.5) is 5.95 Å². The third-order valence-electron chi connectivity index (χ3n) is 1.31. The topological polar surface area (TPSA) is 72.6 Å². The summed E-state index contributed by atoms with van der Waals surface area (Å²) >= 11 is 0. The van der Waals surface area contributed by atoms with Crippen molar-refractivity contribution in [1.29, 1.82) is 5.41 Å². The standard InChI is InChI=1S/C4H9N5/c1-8-3(5)7-4(6)9(8)2/h1-2H3,(H3,5,6,7). The quantitative estimate of drug-likeness (QED) is 0.460. The molecule has 3 N–H and O–H groups in total. The number of nitrogens with one attached hydrogen (secondary N) is 1. The van der Waals surface area contributed by atoms with Crippen molar-refractivity contribution < 1.29 is 0 Å². The number of aromatic nitrogens is 3. The zero-order valence-corrected chi connectivity index (χ0v) is 5.42. The lowest BCUT2D eigenvalue weighted by atomic mass is 11.0. The van der Waals surface area contributed by atoms with Gasteiger partial charge in [-0.2, -0.15) is 4.98 Å². The maximum Gasteiger partial charge on any atom is 0.240 e. The minimum atomic E-state index is 0.176. The molecular weight excluding hydrogens is 118 g/mol. The number of hydrogen-bond acceptors (Lipinski definition) is 3. The van der Waals surface area contributed by atoms with Crippen LogP contribution in [0, 0.1) is 5.41 Å². The van der Waals surface area contributed by atoms with Crippen molar-refractivity contribution in [1.82, 2.24) is 14.3 Å². The van der Waals surface area contributed by atoms with E-state index in [4.69, 9.17) is 11.1 Å². The summed E-state index contributed by atoms with van der Waals surface area (Å²) in [7, 11) is 3.48. The largest absolute Gasteiger partial charge is 0.368 e. The summed E-state index contributed by atoms with van der Waals surface area (Å²) in [5.74, 6) is 0.363. The summed E-state index contributed by atoms with van der Waals surface area (Å²) in [6.45, 7) is 0. The lowest BCUT2D eigenvalue weighted by molar-refractivity contribution is 0.572. The Bertz CT molecular complexity index is 267. The Kier molecular flexibility index (Phi) is 1.05. The first-order valence-electron chi connectivity index (χ1n) is 2.53. The summed E-state index contributed by atoms with van der Waals surface area (Å²) in [6, 6.07) is 0. The molecule has 1 rings (SSSR count). The molecular formula is C4H9N5. The molecule has 0 aliphatic carbocycles. The highest BCUT2D eigenvalue weighted by atomic mass is 15.5. The van der Waals surface area contributed by atoms with Gasteiger partial charge < -0.3 is 5.73 Å². The van der Waals surface area contributed by atoms with Gasteiger partial charge in [0.05, 0.1) is 0 Å². The molecule has 0 fully saturated rings. The highest BCUT2D eigenvalue weighted by Crippen LogP contribution is 1.85. The molecule has 1 heterocycles. The smallest absolute Gasteiger partial charge is 0.240 e. The molecule has 5 nitrogen and oxygen atoms in total. The predicted octanol–water partition coefficient (Wildman–Crippen LogP) is -1.18. The summed E-state index contributed by atoms with van der Waals surface area (Å²) in [6.07, 6.45) is 0. The number of nitrogen functional groups attached to an aromatic ring is 1. The molecule has 0 spiro atoms. The van der Waals surface area contributed by atoms with Gasteiger partial charge in [0.1, 0.15) is 0 Å². The van der Waals surface area contributed by atoms with Gasteiger partial charge in [-0.3, -0.25) is 14.8 Å². The van der Waals surface area contributed by atoms with Crippen LogP contribution < -0.4 is 11.4 Å². The third-order valence-corrected chi connectivity index (χ3v) is 1.31. The van der Waals surface area contributed by atoms with E-state index >= 15 is 0 Å². The Morgan fingerprint density at radius 3 is 2.11 bits per heavy atom. The van der Waals surface area contributed by atoms with E-state index in [1.807, 2.05) is 0 Å². The van der Waals surface area contributed by atoms with Crippen LogP contribution in [0.3, 0.4) is 0 Å². The monoisotopic (exact) mass is 127 g/mol. The molecule has 0 radical (unpaired) electrons. The fourth-order valence-corrected chi connectivity index (χ4v) is 0.549. The molecule has 0 atom stereocenters. The van der Waals surface area contributed by atoms with E-state index in [-0.39, 0.29) is 5.62 Å². The number of hydrogen-bond donors (Lipinski definition) is 2. The number of rotatable bonds is 0. The number of nitrogens with zero attached hydrogens (tertiary/aromatic N) is 3. The third kappa shape index (κ3) is 0.697. The van der Waals surface area contributed by atoms with Crippen molar-refractivity contribution in [2.75, 3.05) is 5.73 Å². The fraction of sp³-hybridized carbons (Fsp3) is 0.500. The highest BCUT2D eigenvalue weighted by molar-refractivity contribution is 5.11. The molecule has 0 aliphatic rings. The van der Waals surface area contributed by atoms with E-state index in [0.29, 0.717) is 5.95 Å². The van der Waals surface area contributed by atoms with E-state index < -0.39 is 0 Å². The molecule has 9 heavy (non-hydrogen) atoms. The molecule has 0 saturated heterocycles. The maximum atomic E-state index is 7.13. The predicted molar refractivity (Wildman–Crippen MR) is 32.4 cm³/mol. The Morgan fingerprint density at radius 1 is 1.44 bits per heavy atom. The van der Waals surface area contributed by atoms with Crippen LogP contribution in [0.25, 0.3) is 0 Å². The zero-order valence-electron chi connectivity index (χ0n) is 5.42. The van der Waals surface area contributed by atoms with Crippen LogP contribution in [0.2, 0.25) is 0 Å². The van der Waals surface area contributed by atoms with Gasteiger partial charge in [0.25, 0.3) is 0 Å². The summed E-state index contributed by atoms with van der Waals surface area (Å²) in [5, 5.41) is 7.13. The minimum Gasteiger partial charge on any atom is -0.368 e. The first-order chi connectivity index (χ1) is 4.13. The molecule has 0 aromatic carbocycles. The summed E-state index contributed by atoms with van der Waals surface area (Å²) in [5.41, 5.74) is 5.53. The second-order valence-electron chi connectivity index (χ2n) is 1.84. The highest BCUT2D eigenvalue weighted by Gasteiger charge is 1.96. The van der Waals surface area contributed by atoms with Gasteiger partial charge in [-0.1, -0.05) is 0 Å². The molecule has 0 aliphatic heterocycles. The lowest BCUT2D eigenvalue weighted by Crippen LogP contribution is -2.18. The van der Waals surface area contributed by atoms with Crippen LogP contribution >= 0.6 is 0 Å². The van der Waals surface area contributed by atoms with Crippen molar-refractivity contribution in [3.05, 3.63) is 5.62 Å². The van der Waals surface area contributed by atoms with Crippen LogP contribution in [0.5, 0.6) is 0 Å². The van der Waals surface area contributed by atoms with Gasteiger partial charge in [-0.25, -0.2) is 0 Å². The van der Waals surface area contributed by atoms with E-state index in [1.54, 1.807) is 23.5 Å². The number of nitrogens with two attached hydrogens (primary N) is 1. The van der Waals surface area contributed by atoms with Gasteiger partial charge >= 0.3 is 0 Å². The molecule has 0 amide bonds.